The molecule has 1 aromatic heterocycles. The van der Waals surface area contributed by atoms with Crippen molar-refractivity contribution in [3.8, 4) is 0 Å². The van der Waals surface area contributed by atoms with E-state index in [1.54, 1.807) is 0 Å². The van der Waals surface area contributed by atoms with Gasteiger partial charge >= 0.3 is 0 Å². The normalized spacial score (nSPS) is 20.1. The second kappa shape index (κ2) is 6.63. The van der Waals surface area contributed by atoms with Gasteiger partial charge in [-0.2, -0.15) is 0 Å². The maximum atomic E-state index is 12.7. The predicted octanol–water partition coefficient (Wildman–Crippen LogP) is 2.85. The molecular weight excluding hydrogens is 298 g/mol. The number of fused-ring (bicyclic) bond motifs is 1. The Bertz CT molecular complexity index is 708. The fourth-order valence-electron chi connectivity index (χ4n) is 3.97. The molecule has 0 unspecified atom stereocenters. The van der Waals surface area contributed by atoms with E-state index < -0.39 is 0 Å². The number of amides is 1. The lowest BCUT2D eigenvalue weighted by atomic mass is 9.97. The highest BCUT2D eigenvalue weighted by atomic mass is 16.2. The number of benzene rings is 1. The quantitative estimate of drug-likeness (QED) is 0.872. The molecule has 0 N–H and O–H groups in total. The van der Waals surface area contributed by atoms with Crippen LogP contribution in [0.4, 0.5) is 5.69 Å². The lowest BCUT2D eigenvalue weighted by Gasteiger charge is -2.36. The molecule has 0 bridgehead atoms. The Hall–Kier alpha value is -2.36. The fourth-order valence-corrected chi connectivity index (χ4v) is 3.97. The van der Waals surface area contributed by atoms with Gasteiger partial charge in [-0.05, 0) is 42.0 Å². The van der Waals surface area contributed by atoms with E-state index in [-0.39, 0.29) is 0 Å². The Labute approximate surface area is 143 Å². The molecule has 1 aromatic carbocycles. The first-order chi connectivity index (χ1) is 11.8. The van der Waals surface area contributed by atoms with Gasteiger partial charge in [0.15, 0.2) is 0 Å². The van der Waals surface area contributed by atoms with E-state index >= 15 is 0 Å². The molecule has 1 fully saturated rings. The molecule has 124 valence electrons. The van der Waals surface area contributed by atoms with E-state index in [4.69, 9.17) is 0 Å². The van der Waals surface area contributed by atoms with Crippen LogP contribution < -0.4 is 4.90 Å². The molecule has 24 heavy (non-hydrogen) atoms. The van der Waals surface area contributed by atoms with E-state index in [1.165, 1.54) is 16.8 Å². The number of carbonyl (C=O) groups is 1. The highest BCUT2D eigenvalue weighted by molar-refractivity contribution is 5.77. The van der Waals surface area contributed by atoms with Crippen molar-refractivity contribution < 1.29 is 4.79 Å². The molecule has 2 heterocycles. The summed E-state index contributed by atoms with van der Waals surface area (Å²) in [4.78, 5) is 21.1. The molecule has 1 amide bonds. The summed E-state index contributed by atoms with van der Waals surface area (Å²) in [7, 11) is 0. The number of rotatable bonds is 3. The van der Waals surface area contributed by atoms with Crippen LogP contribution in [0.15, 0.2) is 48.8 Å². The van der Waals surface area contributed by atoms with Crippen molar-refractivity contribution in [3.63, 3.8) is 0 Å². The fraction of sp³-hybridized carbons (Fsp3) is 0.400. The monoisotopic (exact) mass is 321 g/mol. The molecule has 1 aliphatic carbocycles. The molecule has 4 nitrogen and oxygen atoms in total. The third kappa shape index (κ3) is 3.01. The van der Waals surface area contributed by atoms with Gasteiger partial charge < -0.3 is 9.80 Å². The summed E-state index contributed by atoms with van der Waals surface area (Å²) in [6, 6.07) is 12.7. The van der Waals surface area contributed by atoms with Crippen LogP contribution >= 0.6 is 0 Å². The van der Waals surface area contributed by atoms with Gasteiger partial charge in [0.2, 0.25) is 5.91 Å². The SMILES string of the molecule is O=C(C[C@H]1CCc2ccccc21)N1CCN(c2ccncc2)CC1. The molecule has 2 aromatic rings. The molecule has 1 saturated heterocycles. The lowest BCUT2D eigenvalue weighted by molar-refractivity contribution is -0.131. The molecule has 4 rings (SSSR count). The van der Waals surface area contributed by atoms with Crippen LogP contribution in [-0.4, -0.2) is 42.0 Å². The predicted molar refractivity (Wildman–Crippen MR) is 95.2 cm³/mol. The Morgan fingerprint density at radius 3 is 2.58 bits per heavy atom. The van der Waals surface area contributed by atoms with Gasteiger partial charge in [0.05, 0.1) is 0 Å². The maximum Gasteiger partial charge on any atom is 0.223 e. The van der Waals surface area contributed by atoms with Crippen LogP contribution in [0.2, 0.25) is 0 Å². The van der Waals surface area contributed by atoms with Crippen molar-refractivity contribution in [3.05, 3.63) is 59.9 Å². The molecule has 1 aliphatic heterocycles. The zero-order valence-electron chi connectivity index (χ0n) is 13.9. The first-order valence-electron chi connectivity index (χ1n) is 8.82. The van der Waals surface area contributed by atoms with Crippen LogP contribution in [0.5, 0.6) is 0 Å². The Morgan fingerprint density at radius 1 is 1.04 bits per heavy atom. The van der Waals surface area contributed by atoms with Crippen molar-refractivity contribution in [2.24, 2.45) is 0 Å². The highest BCUT2D eigenvalue weighted by Crippen LogP contribution is 2.35. The van der Waals surface area contributed by atoms with Gasteiger partial charge in [0, 0.05) is 50.7 Å². The number of piperazine rings is 1. The summed E-state index contributed by atoms with van der Waals surface area (Å²) in [6.07, 6.45) is 6.53. The van der Waals surface area contributed by atoms with Crippen molar-refractivity contribution >= 4 is 11.6 Å². The zero-order valence-corrected chi connectivity index (χ0v) is 13.9. The van der Waals surface area contributed by atoms with Crippen LogP contribution in [-0.2, 0) is 11.2 Å². The second-order valence-corrected chi connectivity index (χ2v) is 6.71. The summed E-state index contributed by atoms with van der Waals surface area (Å²) in [5, 5.41) is 0. The van der Waals surface area contributed by atoms with Gasteiger partial charge in [-0.15, -0.1) is 0 Å². The molecule has 4 heteroatoms. The van der Waals surface area contributed by atoms with E-state index in [2.05, 4.69) is 34.1 Å². The highest BCUT2D eigenvalue weighted by Gasteiger charge is 2.28. The first-order valence-corrected chi connectivity index (χ1v) is 8.82. The van der Waals surface area contributed by atoms with Crippen LogP contribution in [0.3, 0.4) is 0 Å². The van der Waals surface area contributed by atoms with Gasteiger partial charge in [-0.1, -0.05) is 24.3 Å². The molecule has 2 aliphatic rings. The molecule has 0 saturated carbocycles. The van der Waals surface area contributed by atoms with Crippen molar-refractivity contribution in [2.75, 3.05) is 31.1 Å². The Kier molecular flexibility index (Phi) is 4.20. The number of anilines is 1. The van der Waals surface area contributed by atoms with Crippen LogP contribution in [0, 0.1) is 0 Å². The molecule has 0 radical (unpaired) electrons. The molecule has 0 spiro atoms. The average Bonchev–Trinajstić information content (AvgIpc) is 3.06. The maximum absolute atomic E-state index is 12.7. The number of hydrogen-bond donors (Lipinski definition) is 0. The summed E-state index contributed by atoms with van der Waals surface area (Å²) >= 11 is 0. The number of aryl methyl sites for hydroxylation is 1. The lowest BCUT2D eigenvalue weighted by Crippen LogP contribution is -2.49. The Balaban J connectivity index is 1.34. The largest absolute Gasteiger partial charge is 0.368 e. The summed E-state index contributed by atoms with van der Waals surface area (Å²) in [6.45, 7) is 3.43. The summed E-state index contributed by atoms with van der Waals surface area (Å²) < 4.78 is 0. The van der Waals surface area contributed by atoms with Gasteiger partial charge in [0.25, 0.3) is 0 Å². The smallest absolute Gasteiger partial charge is 0.223 e. The van der Waals surface area contributed by atoms with Gasteiger partial charge in [0.1, 0.15) is 0 Å². The van der Waals surface area contributed by atoms with E-state index in [1.807, 2.05) is 29.4 Å². The van der Waals surface area contributed by atoms with Crippen molar-refractivity contribution in [2.45, 2.75) is 25.2 Å². The number of pyridine rings is 1. The standard InChI is InChI=1S/C20H23N3O/c24-20(15-17-6-5-16-3-1-2-4-19(16)17)23-13-11-22(12-14-23)18-7-9-21-10-8-18/h1-4,7-10,17H,5-6,11-15H2/t17-/m1/s1. The number of nitrogens with zero attached hydrogens (tertiary/aromatic N) is 3. The summed E-state index contributed by atoms with van der Waals surface area (Å²) in [5.74, 6) is 0.720. The third-order valence-corrected chi connectivity index (χ3v) is 5.34. The minimum atomic E-state index is 0.311. The minimum Gasteiger partial charge on any atom is -0.368 e. The number of aromatic nitrogens is 1. The van der Waals surface area contributed by atoms with E-state index in [0.717, 1.165) is 39.0 Å². The Morgan fingerprint density at radius 2 is 1.79 bits per heavy atom. The average molecular weight is 321 g/mol. The summed E-state index contributed by atoms with van der Waals surface area (Å²) in [5.41, 5.74) is 4.01. The van der Waals surface area contributed by atoms with Crippen LogP contribution in [0.25, 0.3) is 0 Å². The topological polar surface area (TPSA) is 36.4 Å². The van der Waals surface area contributed by atoms with Crippen molar-refractivity contribution in [1.29, 1.82) is 0 Å². The number of carbonyl (C=O) groups excluding carboxylic acids is 1. The van der Waals surface area contributed by atoms with Crippen molar-refractivity contribution in [1.82, 2.24) is 9.88 Å². The molecular formula is C20H23N3O. The van der Waals surface area contributed by atoms with Crippen LogP contribution in [0.1, 0.15) is 29.9 Å². The first kappa shape index (κ1) is 15.2. The van der Waals surface area contributed by atoms with E-state index in [9.17, 15) is 4.79 Å². The minimum absolute atomic E-state index is 0.311. The van der Waals surface area contributed by atoms with Gasteiger partial charge in [-0.3, -0.25) is 9.78 Å². The third-order valence-electron chi connectivity index (χ3n) is 5.34. The zero-order chi connectivity index (χ0) is 16.4. The molecule has 1 atom stereocenters. The van der Waals surface area contributed by atoms with Gasteiger partial charge in [-0.25, -0.2) is 0 Å². The van der Waals surface area contributed by atoms with E-state index in [0.29, 0.717) is 18.2 Å². The second-order valence-electron chi connectivity index (χ2n) is 6.71. The number of hydrogen-bond acceptors (Lipinski definition) is 3.